The highest BCUT2D eigenvalue weighted by Crippen LogP contribution is 2.34. The van der Waals surface area contributed by atoms with Crippen molar-refractivity contribution >= 4 is 17.7 Å². The molecule has 0 fully saturated rings. The maximum absolute atomic E-state index is 12.4. The Balaban J connectivity index is 2.02. The van der Waals surface area contributed by atoms with E-state index in [9.17, 15) is 19.5 Å². The van der Waals surface area contributed by atoms with E-state index >= 15 is 0 Å². The summed E-state index contributed by atoms with van der Waals surface area (Å²) in [7, 11) is 0. The molecule has 0 radical (unpaired) electrons. The van der Waals surface area contributed by atoms with Gasteiger partial charge in [0, 0.05) is 5.56 Å². The summed E-state index contributed by atoms with van der Waals surface area (Å²) in [6, 6.07) is 8.70. The zero-order chi connectivity index (χ0) is 17.0. The minimum Gasteiger partial charge on any atom is -0.481 e. The van der Waals surface area contributed by atoms with E-state index in [-0.39, 0.29) is 18.2 Å². The molecule has 5 heteroatoms. The van der Waals surface area contributed by atoms with Crippen LogP contribution in [0.2, 0.25) is 0 Å². The summed E-state index contributed by atoms with van der Waals surface area (Å²) in [6.45, 7) is 3.70. The summed E-state index contributed by atoms with van der Waals surface area (Å²) in [5.41, 5.74) is 2.61. The van der Waals surface area contributed by atoms with Crippen molar-refractivity contribution < 1.29 is 19.5 Å². The number of amides is 1. The van der Waals surface area contributed by atoms with Gasteiger partial charge in [-0.3, -0.25) is 14.4 Å². The molecule has 1 amide bonds. The van der Waals surface area contributed by atoms with Crippen LogP contribution in [-0.2, 0) is 9.59 Å². The number of carbonyl (C=O) groups is 3. The number of Topliss-reactive ketones (excluding diaryl/α,β-unsaturated/α-hetero) is 1. The lowest BCUT2D eigenvalue weighted by Gasteiger charge is -2.29. The van der Waals surface area contributed by atoms with Crippen LogP contribution >= 0.6 is 0 Å². The third-order valence-electron chi connectivity index (χ3n) is 4.44. The SMILES string of the molecule is CC1=C(C)C[C@H](C(=O)NCC(=O)c2ccccc2)[C@@H](C(=O)O)C1. The molecule has 0 saturated heterocycles. The smallest absolute Gasteiger partial charge is 0.307 e. The fourth-order valence-corrected chi connectivity index (χ4v) is 2.85. The molecule has 0 aromatic heterocycles. The van der Waals surface area contributed by atoms with Crippen molar-refractivity contribution in [2.75, 3.05) is 6.54 Å². The summed E-state index contributed by atoms with van der Waals surface area (Å²) in [4.78, 5) is 35.8. The minimum atomic E-state index is -0.966. The van der Waals surface area contributed by atoms with E-state index in [2.05, 4.69) is 5.32 Å². The number of carboxylic acids is 1. The molecular formula is C18H21NO4. The Kier molecular flexibility index (Phi) is 5.32. The number of hydrogen-bond donors (Lipinski definition) is 2. The van der Waals surface area contributed by atoms with Crippen molar-refractivity contribution in [2.24, 2.45) is 11.8 Å². The van der Waals surface area contributed by atoms with E-state index in [1.807, 2.05) is 19.9 Å². The second-order valence-electron chi connectivity index (χ2n) is 6.03. The molecular weight excluding hydrogens is 294 g/mol. The van der Waals surface area contributed by atoms with Crippen LogP contribution in [-0.4, -0.2) is 29.3 Å². The van der Waals surface area contributed by atoms with Crippen molar-refractivity contribution in [1.82, 2.24) is 5.32 Å². The number of nitrogens with one attached hydrogen (secondary N) is 1. The van der Waals surface area contributed by atoms with Crippen molar-refractivity contribution in [3.8, 4) is 0 Å². The van der Waals surface area contributed by atoms with Crippen LogP contribution in [0.15, 0.2) is 41.5 Å². The molecule has 2 atom stereocenters. The summed E-state index contributed by atoms with van der Waals surface area (Å²) < 4.78 is 0. The lowest BCUT2D eigenvalue weighted by atomic mass is 9.76. The van der Waals surface area contributed by atoms with Gasteiger partial charge in [-0.25, -0.2) is 0 Å². The predicted octanol–water partition coefficient (Wildman–Crippen LogP) is 2.43. The molecule has 2 N–H and O–H groups in total. The molecule has 0 unspecified atom stereocenters. The van der Waals surface area contributed by atoms with Crippen LogP contribution in [0.3, 0.4) is 0 Å². The van der Waals surface area contributed by atoms with Crippen molar-refractivity contribution in [2.45, 2.75) is 26.7 Å². The van der Waals surface area contributed by atoms with E-state index in [1.165, 1.54) is 0 Å². The van der Waals surface area contributed by atoms with Gasteiger partial charge in [0.1, 0.15) is 0 Å². The Bertz CT molecular complexity index is 648. The first-order chi connectivity index (χ1) is 10.9. The second kappa shape index (κ2) is 7.22. The Morgan fingerprint density at radius 3 is 2.17 bits per heavy atom. The first kappa shape index (κ1) is 16.9. The van der Waals surface area contributed by atoms with Gasteiger partial charge in [-0.15, -0.1) is 0 Å². The van der Waals surface area contributed by atoms with Gasteiger partial charge in [0.05, 0.1) is 18.4 Å². The lowest BCUT2D eigenvalue weighted by Crippen LogP contribution is -2.41. The third-order valence-corrected chi connectivity index (χ3v) is 4.44. The highest BCUT2D eigenvalue weighted by Gasteiger charge is 2.37. The highest BCUT2D eigenvalue weighted by atomic mass is 16.4. The van der Waals surface area contributed by atoms with E-state index < -0.39 is 17.8 Å². The standard InChI is InChI=1S/C18H21NO4/c1-11-8-14(15(18(22)23)9-12(11)2)17(21)19-10-16(20)13-6-4-3-5-7-13/h3-7,14-15H,8-10H2,1-2H3,(H,19,21)(H,22,23)/t14-,15-/m0/s1. The number of hydrogen-bond acceptors (Lipinski definition) is 3. The predicted molar refractivity (Wildman–Crippen MR) is 86.0 cm³/mol. The van der Waals surface area contributed by atoms with Gasteiger partial charge in [-0.05, 0) is 26.7 Å². The number of ketones is 1. The maximum Gasteiger partial charge on any atom is 0.307 e. The van der Waals surface area contributed by atoms with E-state index in [4.69, 9.17) is 0 Å². The highest BCUT2D eigenvalue weighted by molar-refractivity contribution is 5.99. The summed E-state index contributed by atoms with van der Waals surface area (Å²) in [5, 5.41) is 11.9. The molecule has 122 valence electrons. The Hall–Kier alpha value is -2.43. The number of aliphatic carboxylic acids is 1. The van der Waals surface area contributed by atoms with Crippen LogP contribution in [0, 0.1) is 11.8 Å². The molecule has 0 spiro atoms. The molecule has 1 aromatic carbocycles. The van der Waals surface area contributed by atoms with Gasteiger partial charge < -0.3 is 10.4 Å². The fourth-order valence-electron chi connectivity index (χ4n) is 2.85. The monoisotopic (exact) mass is 315 g/mol. The molecule has 5 nitrogen and oxygen atoms in total. The third kappa shape index (κ3) is 4.06. The quantitative estimate of drug-likeness (QED) is 0.646. The van der Waals surface area contributed by atoms with Gasteiger partial charge in [0.15, 0.2) is 5.78 Å². The molecule has 23 heavy (non-hydrogen) atoms. The molecule has 0 saturated carbocycles. The zero-order valence-electron chi connectivity index (χ0n) is 13.3. The second-order valence-corrected chi connectivity index (χ2v) is 6.03. The van der Waals surface area contributed by atoms with Crippen LogP contribution in [0.5, 0.6) is 0 Å². The summed E-state index contributed by atoms with van der Waals surface area (Å²) in [5.74, 6) is -2.88. The molecule has 1 aliphatic rings. The summed E-state index contributed by atoms with van der Waals surface area (Å²) in [6.07, 6.45) is 0.806. The van der Waals surface area contributed by atoms with E-state index in [1.54, 1.807) is 24.3 Å². The van der Waals surface area contributed by atoms with Gasteiger partial charge in [-0.2, -0.15) is 0 Å². The topological polar surface area (TPSA) is 83.5 Å². The minimum absolute atomic E-state index is 0.118. The van der Waals surface area contributed by atoms with Gasteiger partial charge in [0.25, 0.3) is 0 Å². The first-order valence-corrected chi connectivity index (χ1v) is 7.64. The normalized spacial score (nSPS) is 21.0. The molecule has 0 heterocycles. The van der Waals surface area contributed by atoms with Gasteiger partial charge in [-0.1, -0.05) is 41.5 Å². The first-order valence-electron chi connectivity index (χ1n) is 7.64. The number of carboxylic acid groups (broad SMARTS) is 1. The number of carbonyl (C=O) groups excluding carboxylic acids is 2. The molecule has 0 bridgehead atoms. The average Bonchev–Trinajstić information content (AvgIpc) is 2.55. The number of allylic oxidation sites excluding steroid dienone is 2. The Labute approximate surface area is 135 Å². The van der Waals surface area contributed by atoms with Gasteiger partial charge in [0.2, 0.25) is 5.91 Å². The number of benzene rings is 1. The molecule has 1 aliphatic carbocycles. The van der Waals surface area contributed by atoms with E-state index in [0.717, 1.165) is 11.1 Å². The summed E-state index contributed by atoms with van der Waals surface area (Å²) >= 11 is 0. The maximum atomic E-state index is 12.4. The van der Waals surface area contributed by atoms with E-state index in [0.29, 0.717) is 18.4 Å². The number of rotatable bonds is 5. The van der Waals surface area contributed by atoms with Crippen LogP contribution in [0.1, 0.15) is 37.0 Å². The Morgan fingerprint density at radius 1 is 1.04 bits per heavy atom. The van der Waals surface area contributed by atoms with Crippen molar-refractivity contribution in [3.05, 3.63) is 47.0 Å². The molecule has 0 aliphatic heterocycles. The van der Waals surface area contributed by atoms with Crippen LogP contribution in [0.25, 0.3) is 0 Å². The van der Waals surface area contributed by atoms with Crippen molar-refractivity contribution in [1.29, 1.82) is 0 Å². The zero-order valence-corrected chi connectivity index (χ0v) is 13.3. The van der Waals surface area contributed by atoms with Crippen LogP contribution < -0.4 is 5.32 Å². The lowest BCUT2D eigenvalue weighted by molar-refractivity contribution is -0.147. The fraction of sp³-hybridized carbons (Fsp3) is 0.389. The molecule has 1 aromatic rings. The molecule has 2 rings (SSSR count). The van der Waals surface area contributed by atoms with Crippen molar-refractivity contribution in [3.63, 3.8) is 0 Å². The average molecular weight is 315 g/mol. The Morgan fingerprint density at radius 2 is 1.61 bits per heavy atom. The van der Waals surface area contributed by atoms with Gasteiger partial charge >= 0.3 is 5.97 Å². The van der Waals surface area contributed by atoms with Crippen LogP contribution in [0.4, 0.5) is 0 Å². The largest absolute Gasteiger partial charge is 0.481 e.